The van der Waals surface area contributed by atoms with Gasteiger partial charge in [-0.05, 0) is 64.6 Å². The molecule has 0 radical (unpaired) electrons. The van der Waals surface area contributed by atoms with Crippen LogP contribution >= 0.6 is 0 Å². The summed E-state index contributed by atoms with van der Waals surface area (Å²) >= 11 is 0. The monoisotopic (exact) mass is 346 g/mol. The highest BCUT2D eigenvalue weighted by atomic mass is 28.4. The van der Waals surface area contributed by atoms with Gasteiger partial charge in [0.1, 0.15) is 11.5 Å². The second-order valence-electron chi connectivity index (χ2n) is 8.06. The molecule has 0 aromatic heterocycles. The van der Waals surface area contributed by atoms with Crippen LogP contribution in [0, 0.1) is 0 Å². The molecule has 0 aliphatic heterocycles. The fraction of sp³-hybridized carbons (Fsp3) is 0.474. The van der Waals surface area contributed by atoms with Crippen LogP contribution in [-0.4, -0.2) is 16.6 Å². The zero-order valence-electron chi connectivity index (χ0n) is 15.4. The lowest BCUT2D eigenvalue weighted by Gasteiger charge is -2.30. The van der Waals surface area contributed by atoms with E-state index in [9.17, 15) is 0 Å². The van der Waals surface area contributed by atoms with E-state index >= 15 is 0 Å². The predicted octanol–water partition coefficient (Wildman–Crippen LogP) is 6.17. The first-order valence-corrected chi connectivity index (χ1v) is 15.3. The van der Waals surface area contributed by atoms with Gasteiger partial charge >= 0.3 is 0 Å². The van der Waals surface area contributed by atoms with Gasteiger partial charge in [-0.3, -0.25) is 0 Å². The third-order valence-corrected chi connectivity index (χ3v) is 5.04. The van der Waals surface area contributed by atoms with Gasteiger partial charge in [0, 0.05) is 11.1 Å². The number of rotatable bonds is 5. The molecule has 4 heteroatoms. The summed E-state index contributed by atoms with van der Waals surface area (Å²) in [6, 6.07) is 10.5. The van der Waals surface area contributed by atoms with Crippen LogP contribution in [0.1, 0.15) is 24.8 Å². The number of allylic oxidation sites excluding steroid dienone is 2. The van der Waals surface area contributed by atoms with Crippen LogP contribution in [0.2, 0.25) is 39.3 Å². The first-order chi connectivity index (χ1) is 10.7. The van der Waals surface area contributed by atoms with E-state index in [1.54, 1.807) is 0 Å². The molecule has 0 N–H and O–H groups in total. The van der Waals surface area contributed by atoms with E-state index < -0.39 is 16.6 Å². The van der Waals surface area contributed by atoms with Gasteiger partial charge in [-0.2, -0.15) is 0 Å². The van der Waals surface area contributed by atoms with Crippen molar-refractivity contribution in [2.24, 2.45) is 0 Å². The fourth-order valence-electron chi connectivity index (χ4n) is 2.61. The Morgan fingerprint density at radius 3 is 2.13 bits per heavy atom. The second-order valence-corrected chi connectivity index (χ2v) is 16.9. The molecular formula is C19H30O2Si2. The van der Waals surface area contributed by atoms with Crippen LogP contribution in [0.15, 0.2) is 47.7 Å². The maximum absolute atomic E-state index is 6.52. The zero-order valence-corrected chi connectivity index (χ0v) is 17.4. The van der Waals surface area contributed by atoms with E-state index in [4.69, 9.17) is 8.85 Å². The van der Waals surface area contributed by atoms with Crippen molar-refractivity contribution in [2.45, 2.75) is 58.5 Å². The Morgan fingerprint density at radius 2 is 1.57 bits per heavy atom. The Labute approximate surface area is 143 Å². The van der Waals surface area contributed by atoms with Crippen molar-refractivity contribution in [3.05, 3.63) is 53.3 Å². The molecule has 0 heterocycles. The summed E-state index contributed by atoms with van der Waals surface area (Å²) in [7, 11) is -3.34. The van der Waals surface area contributed by atoms with E-state index in [0.717, 1.165) is 29.9 Å². The van der Waals surface area contributed by atoms with E-state index in [1.807, 2.05) is 0 Å². The summed E-state index contributed by atoms with van der Waals surface area (Å²) in [6.45, 7) is 13.4. The Balaban J connectivity index is 2.51. The molecule has 1 aromatic carbocycles. The quantitative estimate of drug-likeness (QED) is 0.469. The van der Waals surface area contributed by atoms with E-state index in [2.05, 4.69) is 75.7 Å². The van der Waals surface area contributed by atoms with Crippen molar-refractivity contribution in [3.8, 4) is 0 Å². The SMILES string of the molecule is C[Si](C)(C)OC1=CCCC/C1=C(/O[Si](C)(C)C)c1ccccc1. The summed E-state index contributed by atoms with van der Waals surface area (Å²) in [6.07, 6.45) is 5.55. The molecule has 0 saturated carbocycles. The summed E-state index contributed by atoms with van der Waals surface area (Å²) in [5.74, 6) is 2.10. The largest absolute Gasteiger partial charge is 0.544 e. The molecule has 1 aliphatic rings. The van der Waals surface area contributed by atoms with E-state index in [0.29, 0.717) is 0 Å². The van der Waals surface area contributed by atoms with Crippen molar-refractivity contribution in [1.82, 2.24) is 0 Å². The van der Waals surface area contributed by atoms with Crippen molar-refractivity contribution < 1.29 is 8.85 Å². The van der Waals surface area contributed by atoms with Crippen LogP contribution < -0.4 is 0 Å². The molecule has 0 atom stereocenters. The third-order valence-electron chi connectivity index (χ3n) is 3.39. The molecule has 23 heavy (non-hydrogen) atoms. The maximum Gasteiger partial charge on any atom is 0.242 e. The minimum atomic E-state index is -1.70. The smallest absolute Gasteiger partial charge is 0.242 e. The van der Waals surface area contributed by atoms with Gasteiger partial charge in [-0.15, -0.1) is 0 Å². The van der Waals surface area contributed by atoms with E-state index in [-0.39, 0.29) is 0 Å². The van der Waals surface area contributed by atoms with Crippen LogP contribution in [0.5, 0.6) is 0 Å². The van der Waals surface area contributed by atoms with Crippen molar-refractivity contribution >= 4 is 22.4 Å². The van der Waals surface area contributed by atoms with Crippen LogP contribution in [0.25, 0.3) is 5.76 Å². The molecule has 1 aliphatic carbocycles. The molecule has 0 fully saturated rings. The molecule has 1 aromatic rings. The minimum absolute atomic E-state index is 1.03. The highest BCUT2D eigenvalue weighted by Crippen LogP contribution is 2.35. The zero-order chi connectivity index (χ0) is 17.1. The Morgan fingerprint density at radius 1 is 0.913 bits per heavy atom. The lowest BCUT2D eigenvalue weighted by Crippen LogP contribution is -2.28. The highest BCUT2D eigenvalue weighted by Gasteiger charge is 2.27. The Bertz CT molecular complexity index is 590. The van der Waals surface area contributed by atoms with Gasteiger partial charge < -0.3 is 8.85 Å². The lowest BCUT2D eigenvalue weighted by molar-refractivity contribution is 0.410. The first kappa shape index (κ1) is 18.1. The van der Waals surface area contributed by atoms with Crippen LogP contribution in [0.3, 0.4) is 0 Å². The predicted molar refractivity (Wildman–Crippen MR) is 104 cm³/mol. The topological polar surface area (TPSA) is 18.5 Å². The standard InChI is InChI=1S/C19H30O2Si2/c1-22(2,3)20-18-15-11-10-14-17(18)19(21-23(4,5)6)16-12-8-7-9-13-16/h7-9,12-13,15H,10-11,14H2,1-6H3/b19-17-. The van der Waals surface area contributed by atoms with Crippen molar-refractivity contribution in [1.29, 1.82) is 0 Å². The summed E-state index contributed by atoms with van der Waals surface area (Å²) in [5, 5.41) is 0. The van der Waals surface area contributed by atoms with Crippen LogP contribution in [-0.2, 0) is 8.85 Å². The highest BCUT2D eigenvalue weighted by molar-refractivity contribution is 6.70. The molecule has 0 amide bonds. The first-order valence-electron chi connectivity index (χ1n) is 8.53. The van der Waals surface area contributed by atoms with Gasteiger partial charge in [0.05, 0.1) is 0 Å². The minimum Gasteiger partial charge on any atom is -0.544 e. The third kappa shape index (κ3) is 5.70. The molecule has 0 bridgehead atoms. The number of hydrogen-bond acceptors (Lipinski definition) is 2. The van der Waals surface area contributed by atoms with Crippen LogP contribution in [0.4, 0.5) is 0 Å². The molecular weight excluding hydrogens is 316 g/mol. The molecule has 126 valence electrons. The normalized spacial score (nSPS) is 18.3. The van der Waals surface area contributed by atoms with Gasteiger partial charge in [-0.1, -0.05) is 30.3 Å². The number of benzene rings is 1. The van der Waals surface area contributed by atoms with E-state index in [1.165, 1.54) is 12.0 Å². The summed E-state index contributed by atoms with van der Waals surface area (Å²) in [5.41, 5.74) is 2.42. The second kappa shape index (κ2) is 7.10. The average Bonchev–Trinajstić information content (AvgIpc) is 2.44. The fourth-order valence-corrected chi connectivity index (χ4v) is 4.33. The molecule has 2 rings (SSSR count). The van der Waals surface area contributed by atoms with Gasteiger partial charge in [-0.25, -0.2) is 0 Å². The molecule has 0 spiro atoms. The Hall–Kier alpha value is -1.27. The molecule has 0 unspecified atom stereocenters. The van der Waals surface area contributed by atoms with Gasteiger partial charge in [0.2, 0.25) is 16.6 Å². The maximum atomic E-state index is 6.52. The van der Waals surface area contributed by atoms with Gasteiger partial charge in [0.25, 0.3) is 0 Å². The van der Waals surface area contributed by atoms with Gasteiger partial charge in [0.15, 0.2) is 0 Å². The van der Waals surface area contributed by atoms with Crippen molar-refractivity contribution in [2.75, 3.05) is 0 Å². The average molecular weight is 347 g/mol. The number of hydrogen-bond donors (Lipinski definition) is 0. The molecule has 0 saturated heterocycles. The Kier molecular flexibility index (Phi) is 5.58. The van der Waals surface area contributed by atoms with Crippen molar-refractivity contribution in [3.63, 3.8) is 0 Å². The lowest BCUT2D eigenvalue weighted by atomic mass is 9.96. The molecule has 2 nitrogen and oxygen atoms in total. The summed E-state index contributed by atoms with van der Waals surface area (Å²) in [4.78, 5) is 0. The summed E-state index contributed by atoms with van der Waals surface area (Å²) < 4.78 is 12.9.